The van der Waals surface area contributed by atoms with Crippen molar-refractivity contribution in [3.8, 4) is 0 Å². The van der Waals surface area contributed by atoms with E-state index in [1.165, 1.54) is 82.1 Å². The molecule has 4 aromatic rings. The van der Waals surface area contributed by atoms with Crippen LogP contribution in [0.25, 0.3) is 0 Å². The molecule has 0 radical (unpaired) electrons. The average molecular weight is 785 g/mol. The zero-order valence-corrected chi connectivity index (χ0v) is 28.3. The summed E-state index contributed by atoms with van der Waals surface area (Å²) in [7, 11) is 0. The first-order valence-electron chi connectivity index (χ1n) is 9.94. The van der Waals surface area contributed by atoms with E-state index in [0.717, 1.165) is 0 Å². The fourth-order valence-corrected chi connectivity index (χ4v) is 3.87. The second kappa shape index (κ2) is 18.2. The number of hydrazine groups is 2. The van der Waals surface area contributed by atoms with Crippen molar-refractivity contribution in [1.29, 1.82) is 0 Å². The number of aromatic nitrogens is 6. The van der Waals surface area contributed by atoms with Crippen LogP contribution in [0.3, 0.4) is 0 Å². The molecule has 0 N–H and O–H groups in total. The van der Waals surface area contributed by atoms with E-state index >= 15 is 0 Å². The summed E-state index contributed by atoms with van der Waals surface area (Å²) in [6, 6.07) is 0.357. The van der Waals surface area contributed by atoms with Crippen molar-refractivity contribution in [2.24, 2.45) is 0 Å². The second-order valence-electron chi connectivity index (χ2n) is 6.17. The summed E-state index contributed by atoms with van der Waals surface area (Å²) in [5.74, 6) is 0.772. The van der Waals surface area contributed by atoms with E-state index in [1.807, 2.05) is 0 Å². The van der Waals surface area contributed by atoms with Gasteiger partial charge >= 0.3 is 37.3 Å². The first kappa shape index (κ1) is 34.8. The number of thiol groups is 2. The van der Waals surface area contributed by atoms with E-state index in [-0.39, 0.29) is 29.3 Å². The maximum atomic E-state index is 8.50. The van der Waals surface area contributed by atoms with E-state index in [9.17, 15) is 0 Å². The van der Waals surface area contributed by atoms with E-state index in [1.54, 1.807) is 0 Å². The van der Waals surface area contributed by atoms with Gasteiger partial charge in [-0.15, -0.1) is 25.3 Å². The Hall–Kier alpha value is -2.43. The van der Waals surface area contributed by atoms with Gasteiger partial charge in [-0.2, -0.15) is 10.0 Å². The molecule has 0 spiro atoms. The molecule has 14 nitrogen and oxygen atoms in total. The summed E-state index contributed by atoms with van der Waals surface area (Å²) < 4.78 is 27.9. The summed E-state index contributed by atoms with van der Waals surface area (Å²) in [5.41, 5.74) is 0. The zero-order valence-electron chi connectivity index (χ0n) is 19.6. The minimum absolute atomic E-state index is 0.0788. The summed E-state index contributed by atoms with van der Waals surface area (Å²) in [5, 5.41) is 5.38. The molecule has 4 rings (SSSR count). The van der Waals surface area contributed by atoms with Crippen LogP contribution in [0.2, 0.25) is 0 Å². The molecule has 0 atom stereocenters. The van der Waals surface area contributed by atoms with Crippen molar-refractivity contribution < 1.29 is 34.1 Å². The monoisotopic (exact) mass is 786 g/mol. The van der Waals surface area contributed by atoms with E-state index in [4.69, 9.17) is 89.8 Å². The Kier molecular flexibility index (Phi) is 15.4. The van der Waals surface area contributed by atoms with Crippen LogP contribution in [0, 0.1) is 0 Å². The third-order valence-corrected chi connectivity index (χ3v) is 5.26. The summed E-state index contributed by atoms with van der Waals surface area (Å²) in [6.07, 6.45) is 14.8. The Bertz CT molecular complexity index is 1360. The Morgan fingerprint density at radius 3 is 1.24 bits per heavy atom. The Balaban J connectivity index is 0.000000262. The molecule has 0 bridgehead atoms. The molecule has 23 heteroatoms. The average Bonchev–Trinajstić information content (AvgIpc) is 3.66. The van der Waals surface area contributed by atoms with E-state index < -0.39 is 18.5 Å². The first-order valence-corrected chi connectivity index (χ1v) is 14.9. The molecule has 0 aliphatic carbocycles. The Morgan fingerprint density at radius 2 is 1.02 bits per heavy atom. The van der Waals surface area contributed by atoms with E-state index in [2.05, 4.69) is 55.2 Å². The summed E-state index contributed by atoms with van der Waals surface area (Å²) >= 11 is 36.5. The van der Waals surface area contributed by atoms with E-state index in [0.29, 0.717) is 11.6 Å². The summed E-state index contributed by atoms with van der Waals surface area (Å²) in [4.78, 5) is 24.1. The van der Waals surface area contributed by atoms with Crippen LogP contribution < -0.4 is 20.0 Å². The number of anilines is 4. The number of hydrogen-bond acceptors (Lipinski definition) is 16. The fourth-order valence-electron chi connectivity index (χ4n) is 2.50. The molecular formula is C18H12MoN10O4S8. The SMILES string of the molecule is S=C([S-])N(c1cnccn1)N(C(=S)S)c1ncco1.S=C([S-])N(c1cnccn1)N(C(=S)S)c1ncco1.[O]=[Mo+2]=[O]. The molecule has 0 saturated heterocycles. The number of oxazole rings is 2. The van der Waals surface area contributed by atoms with Gasteiger partial charge in [0.05, 0.1) is 24.8 Å². The van der Waals surface area contributed by atoms with Crippen LogP contribution in [0.1, 0.15) is 0 Å². The normalized spacial score (nSPS) is 9.41. The molecule has 212 valence electrons. The predicted molar refractivity (Wildman–Crippen MR) is 171 cm³/mol. The Labute approximate surface area is 284 Å². The molecular weight excluding hydrogens is 773 g/mol. The first-order chi connectivity index (χ1) is 19.6. The van der Waals surface area contributed by atoms with Gasteiger partial charge in [-0.05, 0) is 8.64 Å². The van der Waals surface area contributed by atoms with Gasteiger partial charge in [0.1, 0.15) is 12.5 Å². The third-order valence-electron chi connectivity index (χ3n) is 3.84. The molecule has 0 fully saturated rings. The molecule has 0 amide bonds. The van der Waals surface area contributed by atoms with Crippen LogP contribution in [-0.2, 0) is 50.5 Å². The topological polar surface area (TPSA) is 151 Å². The molecule has 0 aliphatic heterocycles. The molecule has 0 unspecified atom stereocenters. The maximum absolute atomic E-state index is 8.50. The molecule has 0 aromatic carbocycles. The quantitative estimate of drug-likeness (QED) is 0.102. The molecule has 4 heterocycles. The second-order valence-corrected chi connectivity index (χ2v) is 10.8. The molecule has 0 aliphatic rings. The van der Waals surface area contributed by atoms with Crippen molar-refractivity contribution in [2.75, 3.05) is 20.0 Å². The molecule has 0 saturated carbocycles. The van der Waals surface area contributed by atoms with Gasteiger partial charge < -0.3 is 58.5 Å². The van der Waals surface area contributed by atoms with Gasteiger partial charge in [-0.3, -0.25) is 9.97 Å². The van der Waals surface area contributed by atoms with Gasteiger partial charge in [0.2, 0.25) is 0 Å². The zero-order chi connectivity index (χ0) is 30.4. The Morgan fingerprint density at radius 1 is 0.659 bits per heavy atom. The molecule has 41 heavy (non-hydrogen) atoms. The third kappa shape index (κ3) is 10.4. The van der Waals surface area contributed by atoms with Crippen molar-refractivity contribution in [3.63, 3.8) is 0 Å². The predicted octanol–water partition coefficient (Wildman–Crippen LogP) is 3.24. The van der Waals surface area contributed by atoms with Crippen molar-refractivity contribution in [2.45, 2.75) is 0 Å². The van der Waals surface area contributed by atoms with Crippen LogP contribution >= 0.6 is 74.1 Å². The minimum atomic E-state index is -2.03. The van der Waals surface area contributed by atoms with Crippen molar-refractivity contribution in [3.05, 3.63) is 62.1 Å². The fraction of sp³-hybridized carbons (Fsp3) is 0. The van der Waals surface area contributed by atoms with Crippen molar-refractivity contribution >= 4 is 140 Å². The standard InChI is InChI=1S/2C9H7N5OS4.Mo.2O/c2*16-8(17)13(6-5-10-1-2-11-6)14(9(18)19)7-12-3-4-15-7;;;/h2*1-5H,(H,16,17)(H,18,19);;;/q;;+2;;/p-2. The van der Waals surface area contributed by atoms with Gasteiger partial charge in [-0.1, -0.05) is 24.4 Å². The number of hydrogen-bond donors (Lipinski definition) is 2. The van der Waals surface area contributed by atoms with Crippen LogP contribution in [0.4, 0.5) is 23.7 Å². The summed E-state index contributed by atoms with van der Waals surface area (Å²) in [6.45, 7) is 0. The molecule has 4 aromatic heterocycles. The number of rotatable bonds is 4. The van der Waals surface area contributed by atoms with Gasteiger partial charge in [0.15, 0.2) is 20.3 Å². The number of thiocarbonyl (C=S) groups is 4. The van der Waals surface area contributed by atoms with Gasteiger partial charge in [-0.25, -0.2) is 30.0 Å². The van der Waals surface area contributed by atoms with Crippen LogP contribution in [0.15, 0.2) is 70.9 Å². The van der Waals surface area contributed by atoms with Crippen molar-refractivity contribution in [1.82, 2.24) is 29.9 Å². The number of nitrogens with zero attached hydrogens (tertiary/aromatic N) is 10. The van der Waals surface area contributed by atoms with Gasteiger partial charge in [0.25, 0.3) is 0 Å². The van der Waals surface area contributed by atoms with Crippen LogP contribution in [-0.4, -0.2) is 47.2 Å². The van der Waals surface area contributed by atoms with Gasteiger partial charge in [0, 0.05) is 24.8 Å². The van der Waals surface area contributed by atoms with Crippen LogP contribution in [0.5, 0.6) is 0 Å².